The molecule has 0 radical (unpaired) electrons. The average molecular weight is 449 g/mol. The third-order valence-corrected chi connectivity index (χ3v) is 4.34. The molecule has 0 saturated carbocycles. The van der Waals surface area contributed by atoms with Gasteiger partial charge in [-0.15, -0.1) is 0 Å². The van der Waals surface area contributed by atoms with E-state index in [1.807, 2.05) is 5.10 Å². The van der Waals surface area contributed by atoms with E-state index in [-0.39, 0.29) is 23.4 Å². The molecular weight excluding hydrogens is 432 g/mol. The van der Waals surface area contributed by atoms with Crippen LogP contribution in [-0.4, -0.2) is 41.3 Å². The van der Waals surface area contributed by atoms with Crippen molar-refractivity contribution in [2.24, 2.45) is 4.99 Å². The van der Waals surface area contributed by atoms with E-state index in [0.29, 0.717) is 32.1 Å². The van der Waals surface area contributed by atoms with Gasteiger partial charge in [-0.3, -0.25) is 15.2 Å². The largest absolute Gasteiger partial charge is 0.432 e. The molecule has 1 aliphatic heterocycles. The quantitative estimate of drug-likeness (QED) is 0.378. The zero-order valence-corrected chi connectivity index (χ0v) is 15.8. The second kappa shape index (κ2) is 8.96. The predicted octanol–water partition coefficient (Wildman–Crippen LogP) is 3.82. The molecule has 31 heavy (non-hydrogen) atoms. The molecule has 3 rings (SSSR count). The molecule has 13 heteroatoms. The Bertz CT molecular complexity index is 930. The Morgan fingerprint density at radius 2 is 1.71 bits per heavy atom. The first-order valence-electron chi connectivity index (χ1n) is 9.06. The van der Waals surface area contributed by atoms with E-state index in [1.165, 1.54) is 0 Å². The number of carbonyl (C=O) groups is 1. The number of hydrogen-bond acceptors (Lipinski definition) is 4. The lowest BCUT2D eigenvalue weighted by atomic mass is 10.1. The van der Waals surface area contributed by atoms with Crippen molar-refractivity contribution in [3.05, 3.63) is 47.2 Å². The molecule has 1 fully saturated rings. The topological polar surface area (TPSA) is 91.4 Å². The molecule has 1 aromatic carbocycles. The predicted molar refractivity (Wildman–Crippen MR) is 97.4 cm³/mol. The van der Waals surface area contributed by atoms with Crippen LogP contribution in [0.25, 0.3) is 0 Å². The van der Waals surface area contributed by atoms with Crippen LogP contribution >= 0.6 is 0 Å². The highest BCUT2D eigenvalue weighted by Gasteiger charge is 2.33. The second-order valence-electron chi connectivity index (χ2n) is 6.64. The molecule has 1 saturated heterocycles. The number of benzene rings is 1. The standard InChI is InChI=1S/C18H17F6N5O2/c19-17(20,21)11-3-1-10(2-4-11)15(30)27-16(25-12-5-7-31-8-6-12)26-14-9-13(28-29-14)18(22,23)24/h1-4,9,12H,5-8H2,(H3,25,26,27,28,29,30). The van der Waals surface area contributed by atoms with E-state index < -0.39 is 29.5 Å². The first-order chi connectivity index (χ1) is 14.5. The Kier molecular flexibility index (Phi) is 6.53. The summed E-state index contributed by atoms with van der Waals surface area (Å²) in [4.78, 5) is 16.8. The fourth-order valence-corrected chi connectivity index (χ4v) is 2.74. The summed E-state index contributed by atoms with van der Waals surface area (Å²) in [6.45, 7) is 0.851. The minimum Gasteiger partial charge on any atom is -0.381 e. The lowest BCUT2D eigenvalue weighted by Crippen LogP contribution is -2.38. The minimum atomic E-state index is -4.64. The Balaban J connectivity index is 1.78. The maximum absolute atomic E-state index is 12.8. The fraction of sp³-hybridized carbons (Fsp3) is 0.389. The van der Waals surface area contributed by atoms with Crippen LogP contribution < -0.4 is 10.6 Å². The smallest absolute Gasteiger partial charge is 0.381 e. The van der Waals surface area contributed by atoms with Gasteiger partial charge in [0.1, 0.15) is 5.69 Å². The van der Waals surface area contributed by atoms with E-state index in [2.05, 4.69) is 20.7 Å². The van der Waals surface area contributed by atoms with E-state index >= 15 is 0 Å². The average Bonchev–Trinajstić information content (AvgIpc) is 3.17. The molecule has 1 aromatic heterocycles. The molecule has 1 aliphatic rings. The summed E-state index contributed by atoms with van der Waals surface area (Å²) in [5.74, 6) is -1.22. The van der Waals surface area contributed by atoms with Crippen molar-refractivity contribution in [2.75, 3.05) is 18.5 Å². The van der Waals surface area contributed by atoms with Gasteiger partial charge >= 0.3 is 12.4 Å². The fourth-order valence-electron chi connectivity index (χ4n) is 2.74. The van der Waals surface area contributed by atoms with Gasteiger partial charge in [0.2, 0.25) is 5.96 Å². The summed E-state index contributed by atoms with van der Waals surface area (Å²) in [7, 11) is 0. The van der Waals surface area contributed by atoms with Gasteiger partial charge in [0.15, 0.2) is 5.82 Å². The number of aliphatic imine (C=N–C) groups is 1. The van der Waals surface area contributed by atoms with Crippen LogP contribution in [0.4, 0.5) is 32.2 Å². The van der Waals surface area contributed by atoms with Crippen molar-refractivity contribution in [3.63, 3.8) is 0 Å². The number of ether oxygens (including phenoxy) is 1. The highest BCUT2D eigenvalue weighted by molar-refractivity contribution is 6.09. The third kappa shape index (κ3) is 6.20. The lowest BCUT2D eigenvalue weighted by Gasteiger charge is -2.20. The number of nitrogens with zero attached hydrogens (tertiary/aromatic N) is 2. The molecule has 0 spiro atoms. The molecule has 0 atom stereocenters. The number of H-pyrrole nitrogens is 1. The summed E-state index contributed by atoms with van der Waals surface area (Å²) < 4.78 is 81.6. The molecule has 0 aliphatic carbocycles. The molecule has 168 valence electrons. The van der Waals surface area contributed by atoms with Crippen LogP contribution in [-0.2, 0) is 17.1 Å². The molecule has 3 N–H and O–H groups in total. The molecular formula is C18H17F6N5O2. The van der Waals surface area contributed by atoms with Gasteiger partial charge in [-0.05, 0) is 37.1 Å². The maximum Gasteiger partial charge on any atom is 0.432 e. The zero-order valence-electron chi connectivity index (χ0n) is 15.8. The molecule has 0 unspecified atom stereocenters. The van der Waals surface area contributed by atoms with Crippen LogP contribution in [0.3, 0.4) is 0 Å². The molecule has 2 aromatic rings. The first-order valence-corrected chi connectivity index (χ1v) is 9.06. The van der Waals surface area contributed by atoms with Gasteiger partial charge in [-0.25, -0.2) is 4.99 Å². The van der Waals surface area contributed by atoms with Crippen molar-refractivity contribution >= 4 is 17.7 Å². The van der Waals surface area contributed by atoms with Crippen LogP contribution in [0.15, 0.2) is 35.3 Å². The number of nitrogens with one attached hydrogen (secondary N) is 3. The van der Waals surface area contributed by atoms with Crippen LogP contribution in [0, 0.1) is 0 Å². The van der Waals surface area contributed by atoms with Crippen LogP contribution in [0.1, 0.15) is 34.5 Å². The van der Waals surface area contributed by atoms with Crippen LogP contribution in [0.5, 0.6) is 0 Å². The summed E-state index contributed by atoms with van der Waals surface area (Å²) in [5.41, 5.74) is -2.11. The molecule has 2 heterocycles. The van der Waals surface area contributed by atoms with E-state index in [4.69, 9.17) is 4.74 Å². The van der Waals surface area contributed by atoms with Gasteiger partial charge in [0.25, 0.3) is 5.91 Å². The summed E-state index contributed by atoms with van der Waals surface area (Å²) in [5, 5.41) is 10.2. The lowest BCUT2D eigenvalue weighted by molar-refractivity contribution is -0.141. The number of guanidine groups is 1. The van der Waals surface area contributed by atoms with Gasteiger partial charge < -0.3 is 10.1 Å². The van der Waals surface area contributed by atoms with E-state index in [0.717, 1.165) is 24.3 Å². The van der Waals surface area contributed by atoms with E-state index in [1.54, 1.807) is 0 Å². The van der Waals surface area contributed by atoms with E-state index in [9.17, 15) is 31.1 Å². The number of amides is 1. The SMILES string of the molecule is O=C(NC(=NC1CCOCC1)Nc1cc(C(F)(F)F)[nH]n1)c1ccc(C(F)(F)F)cc1. The van der Waals surface area contributed by atoms with Crippen molar-refractivity contribution < 1.29 is 35.9 Å². The van der Waals surface area contributed by atoms with Gasteiger partial charge in [-0.2, -0.15) is 31.4 Å². The van der Waals surface area contributed by atoms with Crippen molar-refractivity contribution in [1.82, 2.24) is 15.5 Å². The Hall–Kier alpha value is -3.09. The molecule has 0 bridgehead atoms. The molecule has 1 amide bonds. The number of aromatic amines is 1. The number of aromatic nitrogens is 2. The zero-order chi connectivity index (χ0) is 22.6. The Morgan fingerprint density at radius 3 is 2.26 bits per heavy atom. The Labute approximate surface area is 171 Å². The number of anilines is 1. The minimum absolute atomic E-state index is 0.0903. The Morgan fingerprint density at radius 1 is 1.06 bits per heavy atom. The highest BCUT2D eigenvalue weighted by atomic mass is 19.4. The number of alkyl halides is 6. The first kappa shape index (κ1) is 22.6. The van der Waals surface area contributed by atoms with Crippen molar-refractivity contribution in [1.29, 1.82) is 0 Å². The second-order valence-corrected chi connectivity index (χ2v) is 6.64. The van der Waals surface area contributed by atoms with Crippen molar-refractivity contribution in [2.45, 2.75) is 31.2 Å². The summed E-state index contributed by atoms with van der Waals surface area (Å²) in [6.07, 6.45) is -8.15. The summed E-state index contributed by atoms with van der Waals surface area (Å²) >= 11 is 0. The summed E-state index contributed by atoms with van der Waals surface area (Å²) in [6, 6.07) is 3.90. The number of hydrogen-bond donors (Lipinski definition) is 3. The monoisotopic (exact) mass is 449 g/mol. The molecule has 7 nitrogen and oxygen atoms in total. The highest BCUT2D eigenvalue weighted by Crippen LogP contribution is 2.29. The number of rotatable bonds is 3. The normalized spacial score (nSPS) is 16.3. The van der Waals surface area contributed by atoms with Gasteiger partial charge in [0.05, 0.1) is 11.6 Å². The maximum atomic E-state index is 12.8. The van der Waals surface area contributed by atoms with Crippen molar-refractivity contribution in [3.8, 4) is 0 Å². The number of halogens is 6. The van der Waals surface area contributed by atoms with Gasteiger partial charge in [0, 0.05) is 24.8 Å². The number of carbonyl (C=O) groups excluding carboxylic acids is 1. The third-order valence-electron chi connectivity index (χ3n) is 4.34. The van der Waals surface area contributed by atoms with Gasteiger partial charge in [-0.1, -0.05) is 0 Å². The van der Waals surface area contributed by atoms with Crippen LogP contribution in [0.2, 0.25) is 0 Å².